The number of carbonyl (C=O) groups excluding carboxylic acids is 1. The molecular formula is C10H15NO3. The number of carbonyl (C=O) groups is 2. The average molecular weight is 197 g/mol. The van der Waals surface area contributed by atoms with Gasteiger partial charge in [-0.25, -0.2) is 0 Å². The maximum absolute atomic E-state index is 11.3. The monoisotopic (exact) mass is 197 g/mol. The third-order valence-electron chi connectivity index (χ3n) is 2.38. The molecule has 0 fully saturated rings. The van der Waals surface area contributed by atoms with Crippen molar-refractivity contribution in [3.63, 3.8) is 0 Å². The zero-order valence-electron chi connectivity index (χ0n) is 8.19. The fourth-order valence-electron chi connectivity index (χ4n) is 1.36. The quantitative estimate of drug-likeness (QED) is 0.522. The van der Waals surface area contributed by atoms with Crippen molar-refractivity contribution >= 4 is 11.9 Å². The molecule has 1 aliphatic rings. The lowest BCUT2D eigenvalue weighted by molar-refractivity contribution is -0.146. The van der Waals surface area contributed by atoms with Crippen LogP contribution >= 0.6 is 0 Å². The first-order valence-corrected chi connectivity index (χ1v) is 4.79. The maximum Gasteiger partial charge on any atom is 0.315 e. The number of rotatable bonds is 3. The molecule has 0 radical (unpaired) electrons. The van der Waals surface area contributed by atoms with Gasteiger partial charge in [0.15, 0.2) is 0 Å². The van der Waals surface area contributed by atoms with Gasteiger partial charge in [-0.05, 0) is 26.2 Å². The molecule has 0 bridgehead atoms. The van der Waals surface area contributed by atoms with Crippen LogP contribution in [-0.4, -0.2) is 23.0 Å². The summed E-state index contributed by atoms with van der Waals surface area (Å²) in [4.78, 5) is 21.8. The van der Waals surface area contributed by atoms with Crippen molar-refractivity contribution in [3.05, 3.63) is 12.2 Å². The number of amides is 1. The summed E-state index contributed by atoms with van der Waals surface area (Å²) in [5, 5.41) is 11.3. The van der Waals surface area contributed by atoms with Crippen LogP contribution in [0.4, 0.5) is 0 Å². The summed E-state index contributed by atoms with van der Waals surface area (Å²) in [5.41, 5.74) is 0. The van der Waals surface area contributed by atoms with E-state index in [1.54, 1.807) is 0 Å². The Labute approximate surface area is 83.0 Å². The van der Waals surface area contributed by atoms with Crippen molar-refractivity contribution in [3.8, 4) is 0 Å². The molecule has 1 amide bonds. The summed E-state index contributed by atoms with van der Waals surface area (Å²) in [7, 11) is 0. The number of hydrogen-bond donors (Lipinski definition) is 2. The Bertz CT molecular complexity index is 260. The zero-order valence-corrected chi connectivity index (χ0v) is 8.19. The number of allylic oxidation sites excluding steroid dienone is 1. The predicted octanol–water partition coefficient (Wildman–Crippen LogP) is 0.932. The molecule has 2 unspecified atom stereocenters. The van der Waals surface area contributed by atoms with Gasteiger partial charge in [0, 0.05) is 6.04 Å². The Morgan fingerprint density at radius 1 is 1.50 bits per heavy atom. The van der Waals surface area contributed by atoms with E-state index >= 15 is 0 Å². The van der Waals surface area contributed by atoms with E-state index in [0.29, 0.717) is 0 Å². The number of hydrogen-bond acceptors (Lipinski definition) is 2. The molecule has 4 nitrogen and oxygen atoms in total. The van der Waals surface area contributed by atoms with Crippen LogP contribution in [0.25, 0.3) is 0 Å². The number of aliphatic carboxylic acids is 1. The molecule has 0 aliphatic heterocycles. The first kappa shape index (κ1) is 10.8. The molecular weight excluding hydrogens is 182 g/mol. The van der Waals surface area contributed by atoms with Crippen LogP contribution < -0.4 is 5.32 Å². The van der Waals surface area contributed by atoms with Gasteiger partial charge in [0.05, 0.1) is 0 Å². The van der Waals surface area contributed by atoms with Gasteiger partial charge >= 0.3 is 5.97 Å². The van der Waals surface area contributed by atoms with E-state index in [-0.39, 0.29) is 6.04 Å². The molecule has 2 atom stereocenters. The lowest BCUT2D eigenvalue weighted by Gasteiger charge is -2.20. The molecule has 1 aliphatic carbocycles. The number of carboxylic acid groups (broad SMARTS) is 1. The van der Waals surface area contributed by atoms with Crippen molar-refractivity contribution in [2.45, 2.75) is 32.2 Å². The van der Waals surface area contributed by atoms with Crippen molar-refractivity contribution in [1.82, 2.24) is 5.32 Å². The molecule has 0 spiro atoms. The van der Waals surface area contributed by atoms with Gasteiger partial charge in [0.2, 0.25) is 5.91 Å². The summed E-state index contributed by atoms with van der Waals surface area (Å²) in [6.07, 6.45) is 6.74. The normalized spacial score (nSPS) is 22.8. The standard InChI is InChI=1S/C10H15NO3/c1-7(10(13)14)9(12)11-8-5-3-2-4-6-8/h2-3,7-8H,4-6H2,1H3,(H,11,12)(H,13,14). The van der Waals surface area contributed by atoms with Gasteiger partial charge in [0.25, 0.3) is 0 Å². The van der Waals surface area contributed by atoms with Crippen molar-refractivity contribution < 1.29 is 14.7 Å². The van der Waals surface area contributed by atoms with Crippen LogP contribution in [0, 0.1) is 5.92 Å². The molecule has 0 saturated heterocycles. The van der Waals surface area contributed by atoms with Gasteiger partial charge in [-0.2, -0.15) is 0 Å². The van der Waals surface area contributed by atoms with Gasteiger partial charge in [-0.1, -0.05) is 12.2 Å². The SMILES string of the molecule is CC(C(=O)O)C(=O)NC1CC=CCC1. The van der Waals surface area contributed by atoms with Crippen molar-refractivity contribution in [1.29, 1.82) is 0 Å². The second-order valence-electron chi connectivity index (χ2n) is 3.55. The Morgan fingerprint density at radius 2 is 2.21 bits per heavy atom. The van der Waals surface area contributed by atoms with Crippen LogP contribution in [0.2, 0.25) is 0 Å². The minimum atomic E-state index is -1.08. The summed E-state index contributed by atoms with van der Waals surface area (Å²) in [6, 6.07) is 0.106. The van der Waals surface area contributed by atoms with E-state index in [1.807, 2.05) is 6.08 Å². The molecule has 14 heavy (non-hydrogen) atoms. The number of nitrogens with one attached hydrogen (secondary N) is 1. The van der Waals surface area contributed by atoms with Crippen LogP contribution in [0.15, 0.2) is 12.2 Å². The van der Waals surface area contributed by atoms with Crippen LogP contribution in [0.5, 0.6) is 0 Å². The fraction of sp³-hybridized carbons (Fsp3) is 0.600. The minimum absolute atomic E-state index is 0.106. The lowest BCUT2D eigenvalue weighted by Crippen LogP contribution is -2.40. The summed E-state index contributed by atoms with van der Waals surface area (Å²) in [6.45, 7) is 1.40. The Kier molecular flexibility index (Phi) is 3.68. The topological polar surface area (TPSA) is 66.4 Å². The Balaban J connectivity index is 2.40. The molecule has 2 N–H and O–H groups in total. The molecule has 4 heteroatoms. The van der Waals surface area contributed by atoms with E-state index < -0.39 is 17.8 Å². The van der Waals surface area contributed by atoms with Crippen molar-refractivity contribution in [2.75, 3.05) is 0 Å². The van der Waals surface area contributed by atoms with Gasteiger partial charge in [-0.15, -0.1) is 0 Å². The van der Waals surface area contributed by atoms with E-state index in [4.69, 9.17) is 5.11 Å². The molecule has 0 heterocycles. The molecule has 0 aromatic rings. The van der Waals surface area contributed by atoms with Crippen LogP contribution in [-0.2, 0) is 9.59 Å². The molecule has 0 aromatic heterocycles. The van der Waals surface area contributed by atoms with E-state index in [9.17, 15) is 9.59 Å². The second kappa shape index (κ2) is 4.79. The number of carboxylic acids is 1. The lowest BCUT2D eigenvalue weighted by atomic mass is 10.0. The van der Waals surface area contributed by atoms with Crippen LogP contribution in [0.1, 0.15) is 26.2 Å². The van der Waals surface area contributed by atoms with Crippen LogP contribution in [0.3, 0.4) is 0 Å². The molecule has 1 rings (SSSR count). The largest absolute Gasteiger partial charge is 0.481 e. The molecule has 0 aromatic carbocycles. The second-order valence-corrected chi connectivity index (χ2v) is 3.55. The van der Waals surface area contributed by atoms with E-state index in [0.717, 1.165) is 19.3 Å². The summed E-state index contributed by atoms with van der Waals surface area (Å²) in [5.74, 6) is -2.42. The average Bonchev–Trinajstić information content (AvgIpc) is 2.18. The highest BCUT2D eigenvalue weighted by atomic mass is 16.4. The van der Waals surface area contributed by atoms with Gasteiger partial charge in [0.1, 0.15) is 5.92 Å². The maximum atomic E-state index is 11.3. The fourth-order valence-corrected chi connectivity index (χ4v) is 1.36. The Morgan fingerprint density at radius 3 is 2.71 bits per heavy atom. The summed E-state index contributed by atoms with van der Waals surface area (Å²) >= 11 is 0. The third-order valence-corrected chi connectivity index (χ3v) is 2.38. The van der Waals surface area contributed by atoms with E-state index in [1.165, 1.54) is 6.92 Å². The van der Waals surface area contributed by atoms with Crippen molar-refractivity contribution in [2.24, 2.45) is 5.92 Å². The highest BCUT2D eigenvalue weighted by Crippen LogP contribution is 2.11. The molecule has 78 valence electrons. The predicted molar refractivity (Wildman–Crippen MR) is 51.7 cm³/mol. The van der Waals surface area contributed by atoms with Gasteiger partial charge < -0.3 is 10.4 Å². The highest BCUT2D eigenvalue weighted by Gasteiger charge is 2.22. The first-order chi connectivity index (χ1) is 6.61. The minimum Gasteiger partial charge on any atom is -0.481 e. The smallest absolute Gasteiger partial charge is 0.315 e. The highest BCUT2D eigenvalue weighted by molar-refractivity contribution is 5.96. The third kappa shape index (κ3) is 2.87. The Hall–Kier alpha value is -1.32. The zero-order chi connectivity index (χ0) is 10.6. The molecule has 0 saturated carbocycles. The summed E-state index contributed by atoms with van der Waals surface area (Å²) < 4.78 is 0. The van der Waals surface area contributed by atoms with Gasteiger partial charge in [-0.3, -0.25) is 9.59 Å². The van der Waals surface area contributed by atoms with E-state index in [2.05, 4.69) is 11.4 Å². The first-order valence-electron chi connectivity index (χ1n) is 4.79.